The molecule has 164 valence electrons. The first-order chi connectivity index (χ1) is 15.5. The molecule has 3 aromatic heterocycles. The molecule has 4 aromatic rings. The fourth-order valence-corrected chi connectivity index (χ4v) is 4.22. The first-order valence-electron chi connectivity index (χ1n) is 10.5. The number of nitrogens with zero attached hydrogens (tertiary/aromatic N) is 7. The van der Waals surface area contributed by atoms with Crippen molar-refractivity contribution in [3.05, 3.63) is 66.3 Å². The highest BCUT2D eigenvalue weighted by molar-refractivity contribution is 5.82. The molecule has 0 aliphatic carbocycles. The summed E-state index contributed by atoms with van der Waals surface area (Å²) in [6.07, 6.45) is 7.13. The van der Waals surface area contributed by atoms with E-state index >= 15 is 0 Å². The quantitative estimate of drug-likeness (QED) is 0.490. The summed E-state index contributed by atoms with van der Waals surface area (Å²) in [5.41, 5.74) is 3.67. The van der Waals surface area contributed by atoms with Crippen molar-refractivity contribution in [2.45, 2.75) is 19.5 Å². The molecule has 9 heteroatoms. The minimum atomic E-state index is -0.558. The number of aryl methyl sites for hydroxylation is 1. The molecule has 1 aliphatic heterocycles. The van der Waals surface area contributed by atoms with Crippen molar-refractivity contribution in [2.24, 2.45) is 7.05 Å². The van der Waals surface area contributed by atoms with E-state index in [-0.39, 0.29) is 6.04 Å². The van der Waals surface area contributed by atoms with Crippen LogP contribution in [0.5, 0.6) is 0 Å². The van der Waals surface area contributed by atoms with Gasteiger partial charge in [0.25, 0.3) is 0 Å². The van der Waals surface area contributed by atoms with Crippen molar-refractivity contribution in [1.82, 2.24) is 29.6 Å². The van der Waals surface area contributed by atoms with E-state index in [0.717, 1.165) is 47.3 Å². The minimum Gasteiger partial charge on any atom is -0.350 e. The van der Waals surface area contributed by atoms with Gasteiger partial charge < -0.3 is 4.90 Å². The number of hydrogen-bond acceptors (Lipinski definition) is 6. The maximum atomic E-state index is 14.1. The summed E-state index contributed by atoms with van der Waals surface area (Å²) in [5, 5.41) is 4.30. The van der Waals surface area contributed by atoms with E-state index in [2.05, 4.69) is 26.8 Å². The zero-order chi connectivity index (χ0) is 22.2. The minimum absolute atomic E-state index is 0.122. The van der Waals surface area contributed by atoms with E-state index < -0.39 is 11.6 Å². The molecule has 4 heterocycles. The van der Waals surface area contributed by atoms with Crippen molar-refractivity contribution < 1.29 is 8.78 Å². The van der Waals surface area contributed by atoms with Gasteiger partial charge in [0.1, 0.15) is 22.8 Å². The second-order valence-electron chi connectivity index (χ2n) is 8.18. The highest BCUT2D eigenvalue weighted by Gasteiger charge is 2.28. The van der Waals surface area contributed by atoms with Crippen LogP contribution in [0.4, 0.5) is 14.6 Å². The number of halogens is 2. The summed E-state index contributed by atoms with van der Waals surface area (Å²) in [6.45, 7) is 4.72. The van der Waals surface area contributed by atoms with Gasteiger partial charge in [0.2, 0.25) is 0 Å². The highest BCUT2D eigenvalue weighted by Crippen LogP contribution is 2.31. The van der Waals surface area contributed by atoms with Crippen molar-refractivity contribution in [3.8, 4) is 11.3 Å². The Morgan fingerprint density at radius 2 is 1.94 bits per heavy atom. The summed E-state index contributed by atoms with van der Waals surface area (Å²) in [4.78, 5) is 18.4. The molecular weight excluding hydrogens is 412 g/mol. The zero-order valence-corrected chi connectivity index (χ0v) is 17.9. The number of pyridine rings is 1. The van der Waals surface area contributed by atoms with Crippen LogP contribution in [-0.4, -0.2) is 55.3 Å². The molecule has 0 amide bonds. The van der Waals surface area contributed by atoms with Crippen LogP contribution >= 0.6 is 0 Å². The third-order valence-electron chi connectivity index (χ3n) is 5.82. The van der Waals surface area contributed by atoms with Gasteiger partial charge in [-0.1, -0.05) is 6.07 Å². The molecule has 0 spiro atoms. The lowest BCUT2D eigenvalue weighted by molar-refractivity contribution is 0.217. The van der Waals surface area contributed by atoms with E-state index in [0.29, 0.717) is 18.7 Å². The Hall–Kier alpha value is -3.46. The SMILES string of the molecule is C[C@@H]1CN(Cc2ccc(F)cc2F)CCN1c1nc2ccncc2nc1-c1cnn(C)c1. The number of aromatic nitrogens is 5. The molecule has 5 rings (SSSR count). The van der Waals surface area contributed by atoms with Crippen LogP contribution in [0.15, 0.2) is 49.1 Å². The Labute approximate surface area is 184 Å². The van der Waals surface area contributed by atoms with Gasteiger partial charge in [-0.25, -0.2) is 18.7 Å². The van der Waals surface area contributed by atoms with Gasteiger partial charge in [-0.3, -0.25) is 14.6 Å². The molecule has 1 fully saturated rings. The summed E-state index contributed by atoms with van der Waals surface area (Å²) in [7, 11) is 1.87. The molecule has 1 aliphatic rings. The predicted molar refractivity (Wildman–Crippen MR) is 118 cm³/mol. The molecule has 0 saturated carbocycles. The molecule has 0 unspecified atom stereocenters. The topological polar surface area (TPSA) is 63.0 Å². The first-order valence-corrected chi connectivity index (χ1v) is 10.5. The van der Waals surface area contributed by atoms with E-state index in [1.54, 1.807) is 23.3 Å². The molecule has 0 N–H and O–H groups in total. The fraction of sp³-hybridized carbons (Fsp3) is 0.304. The first kappa shape index (κ1) is 20.4. The van der Waals surface area contributed by atoms with Crippen LogP contribution in [-0.2, 0) is 13.6 Å². The number of rotatable bonds is 4. The lowest BCUT2D eigenvalue weighted by Crippen LogP contribution is -2.52. The largest absolute Gasteiger partial charge is 0.350 e. The molecular formula is C23H23F2N7. The smallest absolute Gasteiger partial charge is 0.156 e. The second-order valence-corrected chi connectivity index (χ2v) is 8.18. The van der Waals surface area contributed by atoms with E-state index in [1.165, 1.54) is 12.1 Å². The van der Waals surface area contributed by atoms with Crippen LogP contribution < -0.4 is 4.90 Å². The molecule has 1 saturated heterocycles. The van der Waals surface area contributed by atoms with Crippen LogP contribution in [0, 0.1) is 11.6 Å². The van der Waals surface area contributed by atoms with Crippen molar-refractivity contribution in [2.75, 3.05) is 24.5 Å². The normalized spacial score (nSPS) is 17.2. The highest BCUT2D eigenvalue weighted by atomic mass is 19.1. The van der Waals surface area contributed by atoms with Crippen molar-refractivity contribution in [1.29, 1.82) is 0 Å². The Bertz CT molecular complexity index is 1270. The van der Waals surface area contributed by atoms with Gasteiger partial charge in [0, 0.05) is 68.9 Å². The summed E-state index contributed by atoms with van der Waals surface area (Å²) in [6, 6.07) is 5.74. The van der Waals surface area contributed by atoms with E-state index in [4.69, 9.17) is 9.97 Å². The molecule has 7 nitrogen and oxygen atoms in total. The molecule has 0 bridgehead atoms. The number of fused-ring (bicyclic) bond motifs is 1. The van der Waals surface area contributed by atoms with Gasteiger partial charge in [-0.15, -0.1) is 0 Å². The van der Waals surface area contributed by atoms with Gasteiger partial charge in [0.05, 0.1) is 17.9 Å². The van der Waals surface area contributed by atoms with Crippen molar-refractivity contribution in [3.63, 3.8) is 0 Å². The van der Waals surface area contributed by atoms with Crippen LogP contribution in [0.1, 0.15) is 12.5 Å². The van der Waals surface area contributed by atoms with Gasteiger partial charge in [-0.05, 0) is 19.1 Å². The molecule has 0 radical (unpaired) electrons. The third kappa shape index (κ3) is 3.91. The Balaban J connectivity index is 1.44. The summed E-state index contributed by atoms with van der Waals surface area (Å²) >= 11 is 0. The lowest BCUT2D eigenvalue weighted by Gasteiger charge is -2.41. The number of hydrogen-bond donors (Lipinski definition) is 0. The average Bonchev–Trinajstić information content (AvgIpc) is 3.21. The maximum Gasteiger partial charge on any atom is 0.156 e. The molecule has 32 heavy (non-hydrogen) atoms. The monoisotopic (exact) mass is 435 g/mol. The fourth-order valence-electron chi connectivity index (χ4n) is 4.22. The van der Waals surface area contributed by atoms with Crippen LogP contribution in [0.25, 0.3) is 22.3 Å². The van der Waals surface area contributed by atoms with Gasteiger partial charge >= 0.3 is 0 Å². The van der Waals surface area contributed by atoms with Gasteiger partial charge in [-0.2, -0.15) is 5.10 Å². The lowest BCUT2D eigenvalue weighted by atomic mass is 10.1. The summed E-state index contributed by atoms with van der Waals surface area (Å²) in [5.74, 6) is -0.262. The molecule has 1 aromatic carbocycles. The second kappa shape index (κ2) is 8.23. The number of benzene rings is 1. The van der Waals surface area contributed by atoms with E-state index in [9.17, 15) is 8.78 Å². The average molecular weight is 435 g/mol. The maximum absolute atomic E-state index is 14.1. The zero-order valence-electron chi connectivity index (χ0n) is 17.9. The Morgan fingerprint density at radius 1 is 1.06 bits per heavy atom. The number of piperazine rings is 1. The summed E-state index contributed by atoms with van der Waals surface area (Å²) < 4.78 is 29.1. The van der Waals surface area contributed by atoms with E-state index in [1.807, 2.05) is 19.3 Å². The van der Waals surface area contributed by atoms with Gasteiger partial charge in [0.15, 0.2) is 5.82 Å². The Kier molecular flexibility index (Phi) is 5.26. The Morgan fingerprint density at radius 3 is 2.69 bits per heavy atom. The van der Waals surface area contributed by atoms with Crippen LogP contribution in [0.3, 0.4) is 0 Å². The third-order valence-corrected chi connectivity index (χ3v) is 5.82. The predicted octanol–water partition coefficient (Wildman–Crippen LogP) is 3.41. The van der Waals surface area contributed by atoms with Crippen LogP contribution in [0.2, 0.25) is 0 Å². The van der Waals surface area contributed by atoms with Crippen molar-refractivity contribution >= 4 is 16.9 Å². The standard InChI is InChI=1S/C23H23F2N7/c1-15-12-31(14-16-3-4-18(24)9-19(16)25)7-8-32(15)23-22(17-10-27-30(2)13-17)28-21-11-26-6-5-20(21)29-23/h3-6,9-11,13,15H,7-8,12,14H2,1-2H3/t15-/m1/s1. The molecule has 1 atom stereocenters. The number of anilines is 1.